The lowest BCUT2D eigenvalue weighted by Crippen LogP contribution is -2.01. The lowest BCUT2D eigenvalue weighted by Gasteiger charge is -2.09. The minimum absolute atomic E-state index is 0.785. The summed E-state index contributed by atoms with van der Waals surface area (Å²) in [5, 5.41) is 3.45. The van der Waals surface area contributed by atoms with Crippen molar-refractivity contribution in [2.75, 3.05) is 5.32 Å². The molecule has 0 saturated heterocycles. The van der Waals surface area contributed by atoms with Crippen LogP contribution in [0.5, 0.6) is 0 Å². The van der Waals surface area contributed by atoms with E-state index in [-0.39, 0.29) is 0 Å². The second kappa shape index (κ2) is 6.23. The van der Waals surface area contributed by atoms with Crippen LogP contribution in [-0.2, 0) is 6.54 Å². The summed E-state index contributed by atoms with van der Waals surface area (Å²) in [5.41, 5.74) is 5.76. The van der Waals surface area contributed by atoms with E-state index < -0.39 is 0 Å². The number of para-hydroxylation sites is 1. The molecule has 0 atom stereocenters. The van der Waals surface area contributed by atoms with Gasteiger partial charge in [0.1, 0.15) is 0 Å². The highest BCUT2D eigenvalue weighted by atomic mass is 14.9. The van der Waals surface area contributed by atoms with Crippen LogP contribution in [0.1, 0.15) is 11.1 Å². The molecule has 21 heavy (non-hydrogen) atoms. The fourth-order valence-corrected chi connectivity index (χ4v) is 2.28. The molecule has 0 aliphatic rings. The topological polar surface area (TPSA) is 24.9 Å². The Kier molecular flexibility index (Phi) is 3.97. The van der Waals surface area contributed by atoms with Gasteiger partial charge in [-0.3, -0.25) is 4.98 Å². The van der Waals surface area contributed by atoms with Crippen LogP contribution >= 0.6 is 0 Å². The predicted molar refractivity (Wildman–Crippen MR) is 88.2 cm³/mol. The van der Waals surface area contributed by atoms with Crippen LogP contribution < -0.4 is 5.32 Å². The fourth-order valence-electron chi connectivity index (χ4n) is 2.28. The lowest BCUT2D eigenvalue weighted by atomic mass is 10.1. The smallest absolute Gasteiger partial charge is 0.0702 e. The van der Waals surface area contributed by atoms with E-state index in [9.17, 15) is 0 Å². The van der Waals surface area contributed by atoms with Crippen LogP contribution in [0.15, 0.2) is 72.9 Å². The summed E-state index contributed by atoms with van der Waals surface area (Å²) in [6.45, 7) is 2.89. The Balaban J connectivity index is 1.69. The highest BCUT2D eigenvalue weighted by Gasteiger charge is 2.00. The van der Waals surface area contributed by atoms with E-state index in [1.807, 2.05) is 30.5 Å². The largest absolute Gasteiger partial charge is 0.381 e. The van der Waals surface area contributed by atoms with Gasteiger partial charge in [0.2, 0.25) is 0 Å². The molecule has 0 amide bonds. The van der Waals surface area contributed by atoms with Gasteiger partial charge in [-0.1, -0.05) is 54.6 Å². The summed E-state index contributed by atoms with van der Waals surface area (Å²) in [7, 11) is 0. The monoisotopic (exact) mass is 274 g/mol. The number of benzene rings is 2. The lowest BCUT2D eigenvalue weighted by molar-refractivity contribution is 1.11. The molecule has 1 aromatic heterocycles. The molecular formula is C19H18N2. The van der Waals surface area contributed by atoms with E-state index in [0.717, 1.165) is 17.8 Å². The molecule has 0 unspecified atom stereocenters. The van der Waals surface area contributed by atoms with Gasteiger partial charge in [0.25, 0.3) is 0 Å². The molecule has 0 spiro atoms. The molecule has 1 heterocycles. The van der Waals surface area contributed by atoms with Crippen LogP contribution in [0, 0.1) is 6.92 Å². The molecule has 0 radical (unpaired) electrons. The Morgan fingerprint density at radius 2 is 1.62 bits per heavy atom. The van der Waals surface area contributed by atoms with Gasteiger partial charge >= 0.3 is 0 Å². The van der Waals surface area contributed by atoms with Gasteiger partial charge in [-0.2, -0.15) is 0 Å². The van der Waals surface area contributed by atoms with E-state index in [4.69, 9.17) is 0 Å². The number of nitrogens with zero attached hydrogens (tertiary/aromatic N) is 1. The number of anilines is 1. The zero-order valence-electron chi connectivity index (χ0n) is 12.1. The normalized spacial score (nSPS) is 10.3. The summed E-state index contributed by atoms with van der Waals surface area (Å²) in [4.78, 5) is 4.54. The first-order valence-corrected chi connectivity index (χ1v) is 7.13. The van der Waals surface area contributed by atoms with E-state index in [0.29, 0.717) is 0 Å². The summed E-state index contributed by atoms with van der Waals surface area (Å²) < 4.78 is 0. The van der Waals surface area contributed by atoms with Crippen LogP contribution in [0.4, 0.5) is 5.69 Å². The maximum Gasteiger partial charge on any atom is 0.0702 e. The predicted octanol–water partition coefficient (Wildman–Crippen LogP) is 4.67. The molecule has 3 aromatic rings. The molecular weight excluding hydrogens is 256 g/mol. The number of rotatable bonds is 4. The van der Waals surface area contributed by atoms with Crippen molar-refractivity contribution < 1.29 is 0 Å². The number of pyridine rings is 1. The fraction of sp³-hybridized carbons (Fsp3) is 0.105. The van der Waals surface area contributed by atoms with Crippen LogP contribution in [-0.4, -0.2) is 4.98 Å². The van der Waals surface area contributed by atoms with Gasteiger partial charge < -0.3 is 5.32 Å². The average molecular weight is 274 g/mol. The van der Waals surface area contributed by atoms with Crippen molar-refractivity contribution in [2.45, 2.75) is 13.5 Å². The maximum atomic E-state index is 4.54. The van der Waals surface area contributed by atoms with Crippen LogP contribution in [0.3, 0.4) is 0 Å². The first-order valence-electron chi connectivity index (χ1n) is 7.13. The molecule has 2 aromatic carbocycles. The Hall–Kier alpha value is -2.61. The van der Waals surface area contributed by atoms with E-state index >= 15 is 0 Å². The van der Waals surface area contributed by atoms with E-state index in [2.05, 4.69) is 59.7 Å². The molecule has 0 bridgehead atoms. The SMILES string of the molecule is Cc1ccccc1NCc1ccc(-c2ccccc2)nc1. The maximum absolute atomic E-state index is 4.54. The van der Waals surface area contributed by atoms with Crippen molar-refractivity contribution in [2.24, 2.45) is 0 Å². The first-order chi connectivity index (χ1) is 10.3. The van der Waals surface area contributed by atoms with Gasteiger partial charge in [-0.15, -0.1) is 0 Å². The van der Waals surface area contributed by atoms with E-state index in [1.165, 1.54) is 16.8 Å². The summed E-state index contributed by atoms with van der Waals surface area (Å²) in [6.07, 6.45) is 1.94. The van der Waals surface area contributed by atoms with Gasteiger partial charge in [-0.05, 0) is 30.2 Å². The Morgan fingerprint density at radius 1 is 0.857 bits per heavy atom. The molecule has 0 saturated carbocycles. The van der Waals surface area contributed by atoms with Crippen LogP contribution in [0.2, 0.25) is 0 Å². The Labute approximate surface area is 125 Å². The summed E-state index contributed by atoms with van der Waals surface area (Å²) in [5.74, 6) is 0. The number of hydrogen-bond donors (Lipinski definition) is 1. The molecule has 1 N–H and O–H groups in total. The van der Waals surface area contributed by atoms with Gasteiger partial charge in [0, 0.05) is 24.0 Å². The Morgan fingerprint density at radius 3 is 2.33 bits per heavy atom. The molecule has 0 aliphatic carbocycles. The van der Waals surface area contributed by atoms with Crippen molar-refractivity contribution in [1.82, 2.24) is 4.98 Å². The molecule has 0 aliphatic heterocycles. The number of nitrogens with one attached hydrogen (secondary N) is 1. The van der Waals surface area contributed by atoms with Crippen molar-refractivity contribution >= 4 is 5.69 Å². The molecule has 104 valence electrons. The van der Waals surface area contributed by atoms with Gasteiger partial charge in [0.15, 0.2) is 0 Å². The second-order valence-corrected chi connectivity index (χ2v) is 5.09. The van der Waals surface area contributed by atoms with Crippen molar-refractivity contribution in [3.05, 3.63) is 84.1 Å². The third-order valence-electron chi connectivity index (χ3n) is 3.52. The minimum Gasteiger partial charge on any atom is -0.381 e. The molecule has 0 fully saturated rings. The standard InChI is InChI=1S/C19H18N2/c1-15-7-5-6-10-18(15)20-13-16-11-12-19(21-14-16)17-8-3-2-4-9-17/h2-12,14,20H,13H2,1H3. The number of aryl methyl sites for hydroxylation is 1. The van der Waals surface area contributed by atoms with E-state index in [1.54, 1.807) is 0 Å². The highest BCUT2D eigenvalue weighted by Crippen LogP contribution is 2.18. The summed E-state index contributed by atoms with van der Waals surface area (Å²) >= 11 is 0. The molecule has 3 rings (SSSR count). The zero-order chi connectivity index (χ0) is 14.5. The van der Waals surface area contributed by atoms with Crippen molar-refractivity contribution in [3.63, 3.8) is 0 Å². The number of aromatic nitrogens is 1. The average Bonchev–Trinajstić information content (AvgIpc) is 2.55. The quantitative estimate of drug-likeness (QED) is 0.748. The summed E-state index contributed by atoms with van der Waals surface area (Å²) in [6, 6.07) is 22.7. The highest BCUT2D eigenvalue weighted by molar-refractivity contribution is 5.58. The van der Waals surface area contributed by atoms with Crippen molar-refractivity contribution in [3.8, 4) is 11.3 Å². The van der Waals surface area contributed by atoms with Crippen molar-refractivity contribution in [1.29, 1.82) is 0 Å². The third-order valence-corrected chi connectivity index (χ3v) is 3.52. The van der Waals surface area contributed by atoms with Gasteiger partial charge in [0.05, 0.1) is 5.69 Å². The number of hydrogen-bond acceptors (Lipinski definition) is 2. The first kappa shape index (κ1) is 13.4. The minimum atomic E-state index is 0.785. The zero-order valence-corrected chi connectivity index (χ0v) is 12.1. The van der Waals surface area contributed by atoms with Crippen LogP contribution in [0.25, 0.3) is 11.3 Å². The third kappa shape index (κ3) is 3.29. The van der Waals surface area contributed by atoms with Gasteiger partial charge in [-0.25, -0.2) is 0 Å². The second-order valence-electron chi connectivity index (χ2n) is 5.09. The molecule has 2 nitrogen and oxygen atoms in total. The molecule has 2 heteroatoms. The Bertz CT molecular complexity index is 703.